The first-order valence-electron chi connectivity index (χ1n) is 4.30. The van der Waals surface area contributed by atoms with E-state index in [4.69, 9.17) is 0 Å². The molecule has 0 aromatic carbocycles. The molecule has 3 N–H and O–H groups in total. The van der Waals surface area contributed by atoms with Crippen LogP contribution in [0.15, 0.2) is 0 Å². The van der Waals surface area contributed by atoms with E-state index in [-0.39, 0.29) is 0 Å². The third-order valence-electron chi connectivity index (χ3n) is 1.59. The molecule has 0 spiro atoms. The van der Waals surface area contributed by atoms with Gasteiger partial charge in [0.15, 0.2) is 0 Å². The molecule has 0 unspecified atom stereocenters. The number of carbonyl (C=O) groups excluding carboxylic acids is 1. The lowest BCUT2D eigenvalue weighted by Crippen LogP contribution is -2.68. The number of unbranched alkanes of at least 4 members (excludes halogenated alkanes) is 1. The summed E-state index contributed by atoms with van der Waals surface area (Å²) in [6.07, 6.45) is 3.02. The fourth-order valence-corrected chi connectivity index (χ4v) is 1.84. The van der Waals surface area contributed by atoms with Crippen molar-refractivity contribution in [1.29, 1.82) is 0 Å². The van der Waals surface area contributed by atoms with Gasteiger partial charge in [-0.15, -0.1) is 0 Å². The van der Waals surface area contributed by atoms with Crippen LogP contribution in [0.3, 0.4) is 0 Å². The number of carbonyl (C=O) groups is 1. The number of hydrogen-bond acceptors (Lipinski definition) is 3. The van der Waals surface area contributed by atoms with Crippen LogP contribution in [0.25, 0.3) is 0 Å². The van der Waals surface area contributed by atoms with Gasteiger partial charge in [0.25, 0.3) is 0 Å². The van der Waals surface area contributed by atoms with E-state index in [1.165, 1.54) is 12.8 Å². The topological polar surface area (TPSA) is 67.8 Å². The van der Waals surface area contributed by atoms with Crippen molar-refractivity contribution >= 4 is 17.7 Å². The Kier molecular flexibility index (Phi) is 7.29. The van der Waals surface area contributed by atoms with Crippen LogP contribution in [0.4, 0.5) is 0 Å². The van der Waals surface area contributed by atoms with Crippen LogP contribution in [0, 0.1) is 0 Å². The number of thioether (sulfide) groups is 1. The Hall–Kier alpha value is -0.220. The normalized spacial score (nSPS) is 12.8. The second-order valence-electron chi connectivity index (χ2n) is 2.77. The largest absolute Gasteiger partial charge is 0.544 e. The minimum Gasteiger partial charge on any atom is -0.544 e. The fraction of sp³-hybridized carbons (Fsp3) is 0.875. The molecule has 4 heteroatoms. The highest BCUT2D eigenvalue weighted by Gasteiger charge is 2.05. The maximum Gasteiger partial charge on any atom is 0.125 e. The molecular weight excluding hydrogens is 174 g/mol. The van der Waals surface area contributed by atoms with Gasteiger partial charge in [-0.2, -0.15) is 11.8 Å². The summed E-state index contributed by atoms with van der Waals surface area (Å²) in [5.74, 6) is 0.962. The van der Waals surface area contributed by atoms with E-state index in [1.54, 1.807) is 11.8 Å². The summed E-state index contributed by atoms with van der Waals surface area (Å²) in [6.45, 7) is 2.14. The van der Waals surface area contributed by atoms with Crippen molar-refractivity contribution in [3.8, 4) is 0 Å². The summed E-state index contributed by atoms with van der Waals surface area (Å²) in [5.41, 5.74) is 3.48. The zero-order valence-corrected chi connectivity index (χ0v) is 8.36. The second-order valence-corrected chi connectivity index (χ2v) is 4.00. The molecule has 0 fully saturated rings. The van der Waals surface area contributed by atoms with Crippen molar-refractivity contribution in [2.45, 2.75) is 32.2 Å². The summed E-state index contributed by atoms with van der Waals surface area (Å²) in [6, 6.07) is -0.542. The van der Waals surface area contributed by atoms with Gasteiger partial charge in [-0.1, -0.05) is 13.3 Å². The minimum atomic E-state index is -1.04. The summed E-state index contributed by atoms with van der Waals surface area (Å²) in [4.78, 5) is 10.2. The van der Waals surface area contributed by atoms with Crippen LogP contribution in [-0.4, -0.2) is 23.5 Å². The molecule has 0 bridgehead atoms. The average Bonchev–Trinajstić information content (AvgIpc) is 2.03. The standard InChI is InChI=1S/C8H17NO2S/c1-2-3-5-12-6-4-7(9)8(10)11/h7H,2-6,9H2,1H3,(H,10,11)/t7-/m0/s1. The maximum absolute atomic E-state index is 10.2. The summed E-state index contributed by atoms with van der Waals surface area (Å²) in [7, 11) is 0. The molecule has 0 amide bonds. The molecule has 0 radical (unpaired) electrons. The van der Waals surface area contributed by atoms with Crippen LogP contribution >= 0.6 is 11.8 Å². The van der Waals surface area contributed by atoms with Crippen molar-refractivity contribution in [3.05, 3.63) is 0 Å². The monoisotopic (exact) mass is 191 g/mol. The van der Waals surface area contributed by atoms with Gasteiger partial charge in [-0.3, -0.25) is 0 Å². The highest BCUT2D eigenvalue weighted by molar-refractivity contribution is 7.99. The molecule has 0 rings (SSSR count). The molecule has 0 saturated carbocycles. The highest BCUT2D eigenvalue weighted by atomic mass is 32.2. The third kappa shape index (κ3) is 6.49. The molecule has 72 valence electrons. The molecule has 0 aliphatic carbocycles. The van der Waals surface area contributed by atoms with Gasteiger partial charge >= 0.3 is 0 Å². The Morgan fingerprint density at radius 3 is 2.75 bits per heavy atom. The number of quaternary nitrogens is 1. The zero-order valence-electron chi connectivity index (χ0n) is 7.54. The molecule has 0 aliphatic heterocycles. The SMILES string of the molecule is CCCCSCC[C@H]([NH3+])C(=O)[O-]. The first kappa shape index (κ1) is 11.8. The lowest BCUT2D eigenvalue weighted by molar-refractivity contribution is -0.437. The Morgan fingerprint density at radius 2 is 2.25 bits per heavy atom. The second kappa shape index (κ2) is 7.43. The van der Waals surface area contributed by atoms with E-state index < -0.39 is 12.0 Å². The van der Waals surface area contributed by atoms with Crippen molar-refractivity contribution in [1.82, 2.24) is 0 Å². The molecule has 0 saturated heterocycles. The Morgan fingerprint density at radius 1 is 1.58 bits per heavy atom. The predicted octanol–water partition coefficient (Wildman–Crippen LogP) is -0.730. The zero-order chi connectivity index (χ0) is 9.40. The van der Waals surface area contributed by atoms with Crippen LogP contribution in [0.2, 0.25) is 0 Å². The number of carboxylic acid groups (broad SMARTS) is 1. The van der Waals surface area contributed by atoms with E-state index in [0.29, 0.717) is 6.42 Å². The molecule has 0 heterocycles. The number of hydrogen-bond donors (Lipinski definition) is 1. The smallest absolute Gasteiger partial charge is 0.125 e. The predicted molar refractivity (Wildman–Crippen MR) is 48.5 cm³/mol. The first-order valence-corrected chi connectivity index (χ1v) is 5.45. The Balaban J connectivity index is 3.14. The van der Waals surface area contributed by atoms with E-state index in [2.05, 4.69) is 12.7 Å². The van der Waals surface area contributed by atoms with Gasteiger partial charge in [-0.05, 0) is 17.9 Å². The number of rotatable bonds is 7. The molecule has 0 aliphatic rings. The number of carboxylic acids is 1. The van der Waals surface area contributed by atoms with Gasteiger partial charge in [-0.25, -0.2) is 0 Å². The van der Waals surface area contributed by atoms with Crippen molar-refractivity contribution < 1.29 is 15.6 Å². The van der Waals surface area contributed by atoms with E-state index in [0.717, 1.165) is 11.5 Å². The van der Waals surface area contributed by atoms with Crippen LogP contribution in [0.5, 0.6) is 0 Å². The van der Waals surface area contributed by atoms with E-state index in [9.17, 15) is 9.90 Å². The molecule has 1 atom stereocenters. The lowest BCUT2D eigenvalue weighted by Gasteiger charge is -2.08. The molecule has 0 aromatic heterocycles. The van der Waals surface area contributed by atoms with Gasteiger partial charge in [0.1, 0.15) is 6.04 Å². The van der Waals surface area contributed by atoms with Crippen LogP contribution < -0.4 is 10.8 Å². The van der Waals surface area contributed by atoms with Gasteiger partial charge in [0.2, 0.25) is 0 Å². The summed E-state index contributed by atoms with van der Waals surface area (Å²) < 4.78 is 0. The number of aliphatic carboxylic acids is 1. The lowest BCUT2D eigenvalue weighted by atomic mass is 10.2. The van der Waals surface area contributed by atoms with E-state index in [1.807, 2.05) is 0 Å². The van der Waals surface area contributed by atoms with Crippen molar-refractivity contribution in [2.75, 3.05) is 11.5 Å². The van der Waals surface area contributed by atoms with Crippen LogP contribution in [-0.2, 0) is 4.79 Å². The molecular formula is C8H17NO2S. The summed E-state index contributed by atoms with van der Waals surface area (Å²) >= 11 is 1.79. The third-order valence-corrected chi connectivity index (χ3v) is 2.69. The maximum atomic E-state index is 10.2. The molecule has 3 nitrogen and oxygen atoms in total. The molecule has 0 aromatic rings. The van der Waals surface area contributed by atoms with Gasteiger partial charge < -0.3 is 15.6 Å². The van der Waals surface area contributed by atoms with Gasteiger partial charge in [0.05, 0.1) is 5.97 Å². The Bertz CT molecular complexity index is 130. The fourth-order valence-electron chi connectivity index (χ4n) is 0.692. The van der Waals surface area contributed by atoms with E-state index >= 15 is 0 Å². The van der Waals surface area contributed by atoms with Crippen molar-refractivity contribution in [3.63, 3.8) is 0 Å². The van der Waals surface area contributed by atoms with Gasteiger partial charge in [0, 0.05) is 6.42 Å². The highest BCUT2D eigenvalue weighted by Crippen LogP contribution is 2.06. The Labute approximate surface area is 77.7 Å². The van der Waals surface area contributed by atoms with Crippen LogP contribution in [0.1, 0.15) is 26.2 Å². The molecule has 12 heavy (non-hydrogen) atoms. The quantitative estimate of drug-likeness (QED) is 0.539. The first-order chi connectivity index (χ1) is 5.68. The minimum absolute atomic E-state index is 0.542. The van der Waals surface area contributed by atoms with Crippen molar-refractivity contribution in [2.24, 2.45) is 0 Å². The average molecular weight is 191 g/mol. The summed E-state index contributed by atoms with van der Waals surface area (Å²) in [5, 5.41) is 10.2.